The summed E-state index contributed by atoms with van der Waals surface area (Å²) in [7, 11) is 0. The van der Waals surface area contributed by atoms with Crippen molar-refractivity contribution < 1.29 is 0 Å². The molecule has 2 aromatic carbocycles. The number of aromatic nitrogens is 4. The Morgan fingerprint density at radius 1 is 0.771 bits per heavy atom. The Balaban J connectivity index is 1.50. The maximum atomic E-state index is 5.40. The second kappa shape index (κ2) is 7.20. The second-order valence-corrected chi connectivity index (χ2v) is 10.3. The highest BCUT2D eigenvalue weighted by molar-refractivity contribution is 8.00. The molecule has 0 N–H and O–H groups in total. The molecule has 2 aliphatic rings. The molecule has 6 aromatic rings. The van der Waals surface area contributed by atoms with E-state index < -0.39 is 0 Å². The fourth-order valence-corrected chi connectivity index (χ4v) is 6.91. The van der Waals surface area contributed by atoms with Crippen LogP contribution in [0.3, 0.4) is 0 Å². The number of pyridine rings is 2. The average molecular weight is 469 g/mol. The molecule has 35 heavy (non-hydrogen) atoms. The molecule has 0 saturated carbocycles. The first-order valence-corrected chi connectivity index (χ1v) is 12.8. The predicted octanol–water partition coefficient (Wildman–Crippen LogP) is 7.35. The van der Waals surface area contributed by atoms with Crippen molar-refractivity contribution in [3.05, 3.63) is 115 Å². The van der Waals surface area contributed by atoms with Crippen molar-refractivity contribution in [3.8, 4) is 5.69 Å². The first kappa shape index (κ1) is 19.2. The van der Waals surface area contributed by atoms with E-state index >= 15 is 0 Å². The van der Waals surface area contributed by atoms with E-state index in [9.17, 15) is 0 Å². The summed E-state index contributed by atoms with van der Waals surface area (Å²) in [5.41, 5.74) is 7.73. The van der Waals surface area contributed by atoms with E-state index in [0.717, 1.165) is 44.3 Å². The molecule has 0 radical (unpaired) electrons. The zero-order chi connectivity index (χ0) is 22.9. The van der Waals surface area contributed by atoms with Gasteiger partial charge in [0.15, 0.2) is 0 Å². The van der Waals surface area contributed by atoms with E-state index in [4.69, 9.17) is 9.97 Å². The van der Waals surface area contributed by atoms with Crippen molar-refractivity contribution in [2.75, 3.05) is 0 Å². The van der Waals surface area contributed by atoms with Gasteiger partial charge in [-0.15, -0.1) is 11.8 Å². The number of hydrogen-bond donors (Lipinski definition) is 0. The van der Waals surface area contributed by atoms with Gasteiger partial charge in [-0.05, 0) is 48.0 Å². The lowest BCUT2D eigenvalue weighted by atomic mass is 10.1. The molecule has 0 amide bonds. The lowest BCUT2D eigenvalue weighted by Crippen LogP contribution is -2.04. The van der Waals surface area contributed by atoms with Gasteiger partial charge in [-0.1, -0.05) is 60.7 Å². The van der Waals surface area contributed by atoms with E-state index in [1.54, 1.807) is 0 Å². The maximum absolute atomic E-state index is 5.40. The molecule has 166 valence electrons. The van der Waals surface area contributed by atoms with Crippen LogP contribution in [0.5, 0.6) is 0 Å². The van der Waals surface area contributed by atoms with Crippen LogP contribution >= 0.6 is 11.8 Å². The number of benzene rings is 2. The highest BCUT2D eigenvalue weighted by Gasteiger charge is 2.29. The lowest BCUT2D eigenvalue weighted by Gasteiger charge is -2.15. The summed E-state index contributed by atoms with van der Waals surface area (Å²) < 4.78 is 4.66. The van der Waals surface area contributed by atoms with E-state index in [1.807, 2.05) is 24.0 Å². The third-order valence-corrected chi connectivity index (χ3v) is 8.41. The fraction of sp³-hybridized carbons (Fsp3) is 0.0667. The Morgan fingerprint density at radius 2 is 1.63 bits per heavy atom. The van der Waals surface area contributed by atoms with Gasteiger partial charge in [0.1, 0.15) is 16.7 Å². The summed E-state index contributed by atoms with van der Waals surface area (Å²) >= 11 is 1.95. The van der Waals surface area contributed by atoms with E-state index in [-0.39, 0.29) is 5.37 Å². The standard InChI is InChI=1S/C30H20N4S/c1-2-10-20(11-3-1)33-24-13-6-5-12-21(24)22-18-23-28-25(14-8-16-31-28)34(30(23)32-29(22)33)27-17-19-9-4-7-15-26(19)35-27/h1-18,26-27H. The van der Waals surface area contributed by atoms with Crippen molar-refractivity contribution in [2.24, 2.45) is 0 Å². The Kier molecular flexibility index (Phi) is 3.96. The average Bonchev–Trinajstić information content (AvgIpc) is 3.57. The zero-order valence-electron chi connectivity index (χ0n) is 18.7. The van der Waals surface area contributed by atoms with Gasteiger partial charge in [0.2, 0.25) is 0 Å². The topological polar surface area (TPSA) is 35.6 Å². The van der Waals surface area contributed by atoms with Gasteiger partial charge in [-0.25, -0.2) is 4.98 Å². The molecule has 5 heteroatoms. The minimum absolute atomic E-state index is 0.158. The SMILES string of the molecule is C1=CC2=CC(n3c4cccnc4c4cc5c6ccccc6n(-c6ccccc6)c5nc43)SC2C=C1. The van der Waals surface area contributed by atoms with E-state index in [0.29, 0.717) is 5.25 Å². The van der Waals surface area contributed by atoms with Gasteiger partial charge in [0.05, 0.1) is 21.8 Å². The first-order valence-electron chi connectivity index (χ1n) is 11.8. The molecular formula is C30H20N4S. The molecule has 2 unspecified atom stereocenters. The Hall–Kier alpha value is -4.09. The molecule has 4 nitrogen and oxygen atoms in total. The third kappa shape index (κ3) is 2.70. The van der Waals surface area contributed by atoms with Crippen molar-refractivity contribution in [1.82, 2.24) is 19.1 Å². The van der Waals surface area contributed by atoms with Gasteiger partial charge in [0, 0.05) is 28.0 Å². The number of rotatable bonds is 2. The molecule has 1 aliphatic heterocycles. The number of fused-ring (bicyclic) bond motifs is 7. The lowest BCUT2D eigenvalue weighted by molar-refractivity contribution is 0.865. The Bertz CT molecular complexity index is 1890. The number of para-hydroxylation sites is 2. The van der Waals surface area contributed by atoms with Crippen LogP contribution in [0.4, 0.5) is 0 Å². The van der Waals surface area contributed by atoms with Crippen molar-refractivity contribution in [2.45, 2.75) is 10.6 Å². The fourth-order valence-electron chi connectivity index (χ4n) is 5.54. The quantitative estimate of drug-likeness (QED) is 0.267. The first-order chi connectivity index (χ1) is 17.4. The van der Waals surface area contributed by atoms with Crippen LogP contribution in [-0.2, 0) is 0 Å². The molecule has 2 atom stereocenters. The van der Waals surface area contributed by atoms with Gasteiger partial charge in [-0.3, -0.25) is 9.55 Å². The molecule has 8 rings (SSSR count). The minimum Gasteiger partial charge on any atom is -0.308 e. The van der Waals surface area contributed by atoms with Crippen LogP contribution in [0.25, 0.3) is 49.7 Å². The maximum Gasteiger partial charge on any atom is 0.148 e. The molecule has 0 fully saturated rings. The van der Waals surface area contributed by atoms with Crippen LogP contribution in [0.2, 0.25) is 0 Å². The van der Waals surface area contributed by atoms with Crippen molar-refractivity contribution in [1.29, 1.82) is 0 Å². The summed E-state index contributed by atoms with van der Waals surface area (Å²) in [6.07, 6.45) is 13.0. The summed E-state index contributed by atoms with van der Waals surface area (Å²) in [4.78, 5) is 10.2. The largest absolute Gasteiger partial charge is 0.308 e. The molecule has 5 heterocycles. The van der Waals surface area contributed by atoms with Crippen LogP contribution in [0.1, 0.15) is 5.37 Å². The van der Waals surface area contributed by atoms with Gasteiger partial charge >= 0.3 is 0 Å². The van der Waals surface area contributed by atoms with E-state index in [1.165, 1.54) is 11.0 Å². The second-order valence-electron chi connectivity index (χ2n) is 9.02. The van der Waals surface area contributed by atoms with Crippen LogP contribution in [-0.4, -0.2) is 24.4 Å². The highest BCUT2D eigenvalue weighted by atomic mass is 32.2. The van der Waals surface area contributed by atoms with Crippen LogP contribution < -0.4 is 0 Å². The normalized spacial score (nSPS) is 19.3. The summed E-state index contributed by atoms with van der Waals surface area (Å²) in [6, 6.07) is 25.6. The van der Waals surface area contributed by atoms with Crippen LogP contribution in [0, 0.1) is 0 Å². The molecule has 1 aliphatic carbocycles. The smallest absolute Gasteiger partial charge is 0.148 e. The van der Waals surface area contributed by atoms with Crippen molar-refractivity contribution >= 4 is 55.8 Å². The minimum atomic E-state index is 0.158. The van der Waals surface area contributed by atoms with Gasteiger partial charge < -0.3 is 4.57 Å². The summed E-state index contributed by atoms with van der Waals surface area (Å²) in [5.74, 6) is 0. The van der Waals surface area contributed by atoms with Gasteiger partial charge in [-0.2, -0.15) is 0 Å². The molecular weight excluding hydrogens is 448 g/mol. The number of hydrogen-bond acceptors (Lipinski definition) is 3. The summed E-state index contributed by atoms with van der Waals surface area (Å²) in [5, 5.41) is 4.00. The predicted molar refractivity (Wildman–Crippen MR) is 146 cm³/mol. The van der Waals surface area contributed by atoms with E-state index in [2.05, 4.69) is 106 Å². The van der Waals surface area contributed by atoms with Gasteiger partial charge in [0.25, 0.3) is 0 Å². The Morgan fingerprint density at radius 3 is 2.54 bits per heavy atom. The number of nitrogens with zero attached hydrogens (tertiary/aromatic N) is 4. The number of thioether (sulfide) groups is 1. The molecule has 0 bridgehead atoms. The third-order valence-electron chi connectivity index (χ3n) is 7.06. The Labute approximate surface area is 205 Å². The molecule has 4 aromatic heterocycles. The number of allylic oxidation sites excluding steroid dienone is 3. The zero-order valence-corrected chi connectivity index (χ0v) is 19.6. The molecule has 0 spiro atoms. The molecule has 0 saturated heterocycles. The highest BCUT2D eigenvalue weighted by Crippen LogP contribution is 2.46. The van der Waals surface area contributed by atoms with Crippen LogP contribution in [0.15, 0.2) is 115 Å². The monoisotopic (exact) mass is 468 g/mol. The summed E-state index contributed by atoms with van der Waals surface area (Å²) in [6.45, 7) is 0. The van der Waals surface area contributed by atoms with Crippen molar-refractivity contribution in [3.63, 3.8) is 0 Å².